The van der Waals surface area contributed by atoms with Crippen LogP contribution in [0.3, 0.4) is 0 Å². The molecule has 0 amide bonds. The number of Topliss-reactive ketones (excluding diaryl/α,β-unsaturated/α-hetero) is 1. The van der Waals surface area contributed by atoms with Crippen LogP contribution in [0.25, 0.3) is 0 Å². The molecular formula is C18H26O6. The van der Waals surface area contributed by atoms with Gasteiger partial charge in [0, 0.05) is 18.9 Å². The smallest absolute Gasteiger partial charge is 0.320 e. The number of carbonyl (C=O) groups is 2. The maximum atomic E-state index is 13.1. The number of ether oxygens (including phenoxy) is 4. The summed E-state index contributed by atoms with van der Waals surface area (Å²) in [7, 11) is 2.99. The molecule has 3 rings (SSSR count). The lowest BCUT2D eigenvalue weighted by Crippen LogP contribution is -2.59. The fraction of sp³-hybridized carbons (Fsp3) is 0.778. The lowest BCUT2D eigenvalue weighted by molar-refractivity contribution is -0.179. The van der Waals surface area contributed by atoms with Crippen molar-refractivity contribution in [1.29, 1.82) is 0 Å². The summed E-state index contributed by atoms with van der Waals surface area (Å²) < 4.78 is 21.8. The number of esters is 1. The highest BCUT2D eigenvalue weighted by atomic mass is 16.7. The molecule has 1 aliphatic heterocycles. The van der Waals surface area contributed by atoms with Crippen molar-refractivity contribution in [2.45, 2.75) is 44.5 Å². The van der Waals surface area contributed by atoms with Crippen molar-refractivity contribution in [3.8, 4) is 0 Å². The van der Waals surface area contributed by atoms with E-state index in [4.69, 9.17) is 18.9 Å². The van der Waals surface area contributed by atoms with E-state index in [0.717, 1.165) is 5.57 Å². The summed E-state index contributed by atoms with van der Waals surface area (Å²) in [4.78, 5) is 25.8. The predicted molar refractivity (Wildman–Crippen MR) is 85.2 cm³/mol. The lowest BCUT2D eigenvalue weighted by atomic mass is 9.53. The summed E-state index contributed by atoms with van der Waals surface area (Å²) in [6.07, 6.45) is 2.45. The van der Waals surface area contributed by atoms with Crippen molar-refractivity contribution >= 4 is 11.8 Å². The second-order valence-corrected chi connectivity index (χ2v) is 7.02. The van der Waals surface area contributed by atoms with Gasteiger partial charge in [-0.1, -0.05) is 12.2 Å². The third-order valence-electron chi connectivity index (χ3n) is 5.73. The van der Waals surface area contributed by atoms with Crippen LogP contribution >= 0.6 is 0 Å². The molecule has 1 heterocycles. The van der Waals surface area contributed by atoms with Crippen molar-refractivity contribution in [3.63, 3.8) is 0 Å². The van der Waals surface area contributed by atoms with Crippen LogP contribution in [0.5, 0.6) is 0 Å². The minimum absolute atomic E-state index is 0.00620. The Morgan fingerprint density at radius 2 is 2.00 bits per heavy atom. The molecule has 6 heteroatoms. The zero-order valence-electron chi connectivity index (χ0n) is 14.4. The van der Waals surface area contributed by atoms with E-state index in [1.165, 1.54) is 7.11 Å². The van der Waals surface area contributed by atoms with Crippen molar-refractivity contribution < 1.29 is 28.5 Å². The number of hydrogen-bond donors (Lipinski definition) is 0. The zero-order chi connectivity index (χ0) is 17.3. The first kappa shape index (κ1) is 17.6. The first-order valence-corrected chi connectivity index (χ1v) is 8.58. The normalized spacial score (nSPS) is 36.8. The maximum absolute atomic E-state index is 13.1. The molecule has 0 aromatic carbocycles. The van der Waals surface area contributed by atoms with Gasteiger partial charge in [0.2, 0.25) is 0 Å². The van der Waals surface area contributed by atoms with Gasteiger partial charge in [0.1, 0.15) is 5.41 Å². The third kappa shape index (κ3) is 2.80. The van der Waals surface area contributed by atoms with Crippen molar-refractivity contribution in [2.24, 2.45) is 17.3 Å². The van der Waals surface area contributed by atoms with E-state index in [1.54, 1.807) is 7.11 Å². The topological polar surface area (TPSA) is 71.1 Å². The first-order valence-electron chi connectivity index (χ1n) is 8.58. The molecule has 0 radical (unpaired) electrons. The molecule has 3 aliphatic rings. The Morgan fingerprint density at radius 3 is 2.62 bits per heavy atom. The molecule has 0 aromatic rings. The molecular weight excluding hydrogens is 312 g/mol. The fourth-order valence-corrected chi connectivity index (χ4v) is 4.71. The van der Waals surface area contributed by atoms with Gasteiger partial charge in [-0.3, -0.25) is 9.59 Å². The molecule has 2 bridgehead atoms. The Kier molecular flexibility index (Phi) is 5.08. The van der Waals surface area contributed by atoms with Crippen LogP contribution in [0.1, 0.15) is 32.1 Å². The molecule has 0 aromatic heterocycles. The fourth-order valence-electron chi connectivity index (χ4n) is 4.71. The summed E-state index contributed by atoms with van der Waals surface area (Å²) in [5.41, 5.74) is -0.232. The predicted octanol–water partition coefficient (Wildman–Crippen LogP) is 1.87. The van der Waals surface area contributed by atoms with Crippen molar-refractivity contribution in [2.75, 3.05) is 27.4 Å². The summed E-state index contributed by atoms with van der Waals surface area (Å²) >= 11 is 0. The lowest BCUT2D eigenvalue weighted by Gasteiger charge is -2.50. The largest absolute Gasteiger partial charge is 0.468 e. The van der Waals surface area contributed by atoms with E-state index in [0.29, 0.717) is 45.3 Å². The maximum Gasteiger partial charge on any atom is 0.320 e. The number of rotatable bonds is 5. The van der Waals surface area contributed by atoms with Gasteiger partial charge < -0.3 is 18.9 Å². The summed E-state index contributed by atoms with van der Waals surface area (Å²) in [5, 5.41) is 0. The van der Waals surface area contributed by atoms with Crippen LogP contribution in [0.4, 0.5) is 0 Å². The highest BCUT2D eigenvalue weighted by Crippen LogP contribution is 2.54. The Balaban J connectivity index is 1.91. The van der Waals surface area contributed by atoms with Crippen molar-refractivity contribution in [3.05, 3.63) is 12.2 Å². The van der Waals surface area contributed by atoms with Gasteiger partial charge in [0.25, 0.3) is 0 Å². The summed E-state index contributed by atoms with van der Waals surface area (Å²) in [5.74, 6) is -0.916. The number of allylic oxidation sites excluding steroid dienone is 1. The molecule has 2 aliphatic carbocycles. The molecule has 3 fully saturated rings. The van der Waals surface area contributed by atoms with E-state index in [2.05, 4.69) is 6.58 Å². The van der Waals surface area contributed by atoms with E-state index in [-0.39, 0.29) is 30.0 Å². The Bertz CT molecular complexity index is 524. The zero-order valence-corrected chi connectivity index (χ0v) is 14.4. The first-order chi connectivity index (χ1) is 11.5. The molecule has 24 heavy (non-hydrogen) atoms. The van der Waals surface area contributed by atoms with Gasteiger partial charge in [-0.05, 0) is 32.1 Å². The van der Waals surface area contributed by atoms with Crippen LogP contribution < -0.4 is 0 Å². The minimum atomic E-state index is -1.17. The third-order valence-corrected chi connectivity index (χ3v) is 5.73. The SMILES string of the molecule is C=C1C[C@H]2C[C@H](OC)[C@@H](CCC3OCCO3)[C@@](C(=O)OC)(C1)C2=O. The van der Waals surface area contributed by atoms with Gasteiger partial charge in [-0.15, -0.1) is 0 Å². The highest BCUT2D eigenvalue weighted by molar-refractivity contribution is 6.07. The van der Waals surface area contributed by atoms with E-state index in [1.807, 2.05) is 0 Å². The summed E-state index contributed by atoms with van der Waals surface area (Å²) in [6.45, 7) is 5.24. The second-order valence-electron chi connectivity index (χ2n) is 7.02. The molecule has 134 valence electrons. The van der Waals surface area contributed by atoms with Gasteiger partial charge in [0.15, 0.2) is 12.1 Å². The standard InChI is InChI=1S/C18H26O6/c1-11-8-12-9-14(21-2)13(4-5-15-23-6-7-24-15)18(10-11,16(12)19)17(20)22-3/h12-15H,1,4-10H2,2-3H3/t12-,13+,14-,18-/m0/s1. The average molecular weight is 338 g/mol. The van der Waals surface area contributed by atoms with E-state index < -0.39 is 11.4 Å². The van der Waals surface area contributed by atoms with Gasteiger partial charge in [0.05, 0.1) is 26.4 Å². The number of carbonyl (C=O) groups excluding carboxylic acids is 2. The van der Waals surface area contributed by atoms with E-state index >= 15 is 0 Å². The Morgan fingerprint density at radius 1 is 1.29 bits per heavy atom. The molecule has 0 unspecified atom stereocenters. The number of fused-ring (bicyclic) bond motifs is 2. The molecule has 0 spiro atoms. The monoisotopic (exact) mass is 338 g/mol. The molecule has 6 nitrogen and oxygen atoms in total. The number of ketones is 1. The van der Waals surface area contributed by atoms with Crippen molar-refractivity contribution in [1.82, 2.24) is 0 Å². The number of hydrogen-bond acceptors (Lipinski definition) is 6. The second kappa shape index (κ2) is 6.94. The quantitative estimate of drug-likeness (QED) is 0.433. The van der Waals surface area contributed by atoms with Gasteiger partial charge in [-0.2, -0.15) is 0 Å². The van der Waals surface area contributed by atoms with Crippen LogP contribution in [0.15, 0.2) is 12.2 Å². The van der Waals surface area contributed by atoms with E-state index in [9.17, 15) is 9.59 Å². The van der Waals surface area contributed by atoms with Gasteiger partial charge in [-0.25, -0.2) is 0 Å². The molecule has 4 atom stereocenters. The van der Waals surface area contributed by atoms with Gasteiger partial charge >= 0.3 is 5.97 Å². The van der Waals surface area contributed by atoms with Crippen LogP contribution in [-0.4, -0.2) is 51.6 Å². The van der Waals surface area contributed by atoms with Crippen LogP contribution in [-0.2, 0) is 28.5 Å². The van der Waals surface area contributed by atoms with Crippen LogP contribution in [0.2, 0.25) is 0 Å². The summed E-state index contributed by atoms with van der Waals surface area (Å²) in [6, 6.07) is 0. The number of methoxy groups -OCH3 is 2. The average Bonchev–Trinajstić information content (AvgIpc) is 3.08. The molecule has 2 saturated carbocycles. The highest BCUT2D eigenvalue weighted by Gasteiger charge is 2.62. The molecule has 0 N–H and O–H groups in total. The molecule has 1 saturated heterocycles. The minimum Gasteiger partial charge on any atom is -0.468 e. The van der Waals surface area contributed by atoms with Crippen LogP contribution in [0, 0.1) is 17.3 Å². The Labute approximate surface area is 142 Å². The Hall–Kier alpha value is -1.24.